The van der Waals surface area contributed by atoms with Crippen LogP contribution >= 0.6 is 11.6 Å². The molecule has 0 saturated heterocycles. The number of carbonyl (C=O) groups is 1. The standard InChI is InChI=1S/C19H19ClN4O3/c1-12-8-9-24(19(26)14(12)10-16(25)27-2)21-11-15-17(20)23-18(22-15)13-6-4-3-5-7-13/h3-9,21H,10-11H2,1-2H3,(H,22,23). The number of H-pyrrole nitrogens is 1. The zero-order chi connectivity index (χ0) is 19.4. The van der Waals surface area contributed by atoms with Crippen LogP contribution in [0.2, 0.25) is 5.15 Å². The van der Waals surface area contributed by atoms with E-state index in [0.29, 0.717) is 22.2 Å². The maximum Gasteiger partial charge on any atom is 0.310 e. The zero-order valence-corrected chi connectivity index (χ0v) is 15.7. The van der Waals surface area contributed by atoms with Crippen molar-refractivity contribution in [1.29, 1.82) is 0 Å². The molecular formula is C19H19ClN4O3. The molecule has 0 aliphatic heterocycles. The van der Waals surface area contributed by atoms with Gasteiger partial charge in [-0.15, -0.1) is 0 Å². The number of esters is 1. The van der Waals surface area contributed by atoms with E-state index in [2.05, 4.69) is 20.1 Å². The molecule has 3 rings (SSSR count). The molecule has 1 aromatic carbocycles. The lowest BCUT2D eigenvalue weighted by atomic mass is 10.1. The minimum absolute atomic E-state index is 0.0767. The average molecular weight is 387 g/mol. The second-order valence-electron chi connectivity index (χ2n) is 5.96. The molecule has 2 aromatic heterocycles. The van der Waals surface area contributed by atoms with E-state index in [1.165, 1.54) is 11.8 Å². The molecule has 2 heterocycles. The number of hydrogen-bond acceptors (Lipinski definition) is 5. The first-order valence-electron chi connectivity index (χ1n) is 8.31. The highest BCUT2D eigenvalue weighted by molar-refractivity contribution is 6.30. The third-order valence-electron chi connectivity index (χ3n) is 4.18. The molecule has 0 radical (unpaired) electrons. The Labute approximate surface area is 160 Å². The first kappa shape index (κ1) is 18.7. The topological polar surface area (TPSA) is 89.0 Å². The molecule has 3 aromatic rings. The third kappa shape index (κ3) is 4.20. The van der Waals surface area contributed by atoms with E-state index in [1.54, 1.807) is 19.2 Å². The van der Waals surface area contributed by atoms with Gasteiger partial charge in [0.1, 0.15) is 5.82 Å². The molecule has 0 amide bonds. The molecule has 0 saturated carbocycles. The summed E-state index contributed by atoms with van der Waals surface area (Å²) >= 11 is 6.21. The number of nitrogens with zero attached hydrogens (tertiary/aromatic N) is 2. The lowest BCUT2D eigenvalue weighted by Gasteiger charge is -2.12. The van der Waals surface area contributed by atoms with Gasteiger partial charge in [-0.3, -0.25) is 9.59 Å². The molecule has 2 N–H and O–H groups in total. The average Bonchev–Trinajstić information content (AvgIpc) is 3.05. The quantitative estimate of drug-likeness (QED) is 0.636. The van der Waals surface area contributed by atoms with Gasteiger partial charge >= 0.3 is 5.97 Å². The summed E-state index contributed by atoms with van der Waals surface area (Å²) < 4.78 is 5.98. The van der Waals surface area contributed by atoms with E-state index in [0.717, 1.165) is 11.1 Å². The van der Waals surface area contributed by atoms with Gasteiger partial charge in [0, 0.05) is 17.3 Å². The van der Waals surface area contributed by atoms with Gasteiger partial charge in [0.05, 0.1) is 25.8 Å². The molecule has 140 valence electrons. The fraction of sp³-hybridized carbons (Fsp3) is 0.211. The molecule has 8 heteroatoms. The Balaban J connectivity index is 1.80. The molecule has 7 nitrogen and oxygen atoms in total. The molecule has 0 atom stereocenters. The number of benzene rings is 1. The first-order chi connectivity index (χ1) is 13.0. The van der Waals surface area contributed by atoms with Crippen LogP contribution in [0.3, 0.4) is 0 Å². The molecule has 0 aliphatic carbocycles. The first-order valence-corrected chi connectivity index (χ1v) is 8.69. The minimum atomic E-state index is -0.461. The van der Waals surface area contributed by atoms with Crippen LogP contribution in [-0.4, -0.2) is 27.7 Å². The third-order valence-corrected chi connectivity index (χ3v) is 4.49. The fourth-order valence-electron chi connectivity index (χ4n) is 2.63. The van der Waals surface area contributed by atoms with Crippen LogP contribution < -0.4 is 11.0 Å². The van der Waals surface area contributed by atoms with E-state index >= 15 is 0 Å². The van der Waals surface area contributed by atoms with Crippen LogP contribution in [0.1, 0.15) is 16.8 Å². The highest BCUT2D eigenvalue weighted by Gasteiger charge is 2.14. The van der Waals surface area contributed by atoms with Gasteiger partial charge in [0.25, 0.3) is 5.56 Å². The highest BCUT2D eigenvalue weighted by Crippen LogP contribution is 2.21. The Morgan fingerprint density at radius 3 is 2.74 bits per heavy atom. The minimum Gasteiger partial charge on any atom is -0.469 e. The van der Waals surface area contributed by atoms with Crippen molar-refractivity contribution in [2.75, 3.05) is 12.5 Å². The van der Waals surface area contributed by atoms with Gasteiger partial charge in [-0.2, -0.15) is 0 Å². The molecule has 0 bridgehead atoms. The number of aromatic amines is 1. The fourth-order valence-corrected chi connectivity index (χ4v) is 2.83. The van der Waals surface area contributed by atoms with Crippen LogP contribution in [0.25, 0.3) is 11.4 Å². The number of aromatic nitrogens is 3. The monoisotopic (exact) mass is 386 g/mol. The Morgan fingerprint density at radius 2 is 2.04 bits per heavy atom. The van der Waals surface area contributed by atoms with Gasteiger partial charge in [0.15, 0.2) is 5.15 Å². The van der Waals surface area contributed by atoms with Gasteiger partial charge in [-0.1, -0.05) is 41.9 Å². The maximum absolute atomic E-state index is 12.6. The SMILES string of the molecule is COC(=O)Cc1c(C)ccn(NCc2[nH]c(-c3ccccc3)nc2Cl)c1=O. The highest BCUT2D eigenvalue weighted by atomic mass is 35.5. The maximum atomic E-state index is 12.6. The molecule has 0 spiro atoms. The molecule has 0 fully saturated rings. The summed E-state index contributed by atoms with van der Waals surface area (Å²) in [5, 5.41) is 0.330. The van der Waals surface area contributed by atoms with E-state index in [-0.39, 0.29) is 18.5 Å². The van der Waals surface area contributed by atoms with Gasteiger partial charge in [-0.05, 0) is 18.6 Å². The van der Waals surface area contributed by atoms with Crippen molar-refractivity contribution in [3.05, 3.63) is 74.9 Å². The summed E-state index contributed by atoms with van der Waals surface area (Å²) in [6.45, 7) is 2.04. The number of methoxy groups -OCH3 is 1. The van der Waals surface area contributed by atoms with Crippen LogP contribution in [0, 0.1) is 6.92 Å². The van der Waals surface area contributed by atoms with Crippen molar-refractivity contribution in [3.63, 3.8) is 0 Å². The number of carbonyl (C=O) groups excluding carboxylic acids is 1. The summed E-state index contributed by atoms with van der Waals surface area (Å²) in [6, 6.07) is 11.4. The number of rotatable bonds is 6. The Hall–Kier alpha value is -3.06. The summed E-state index contributed by atoms with van der Waals surface area (Å²) in [5.74, 6) is 0.192. The summed E-state index contributed by atoms with van der Waals surface area (Å²) in [6.07, 6.45) is 1.54. The van der Waals surface area contributed by atoms with Gasteiger partial charge in [-0.25, -0.2) is 9.66 Å². The lowest BCUT2D eigenvalue weighted by Crippen LogP contribution is -2.32. The second kappa shape index (κ2) is 8.09. The van der Waals surface area contributed by atoms with Crippen LogP contribution in [0.5, 0.6) is 0 Å². The Morgan fingerprint density at radius 1 is 1.30 bits per heavy atom. The normalized spacial score (nSPS) is 10.6. The number of aryl methyl sites for hydroxylation is 1. The predicted molar refractivity (Wildman–Crippen MR) is 103 cm³/mol. The summed E-state index contributed by atoms with van der Waals surface area (Å²) in [7, 11) is 1.29. The van der Waals surface area contributed by atoms with E-state index in [9.17, 15) is 9.59 Å². The molecule has 0 aliphatic rings. The largest absolute Gasteiger partial charge is 0.469 e. The lowest BCUT2D eigenvalue weighted by molar-refractivity contribution is -0.139. The Kier molecular flexibility index (Phi) is 5.61. The van der Waals surface area contributed by atoms with Crippen LogP contribution in [0.15, 0.2) is 47.4 Å². The van der Waals surface area contributed by atoms with E-state index in [1.807, 2.05) is 30.3 Å². The molecule has 27 heavy (non-hydrogen) atoms. The van der Waals surface area contributed by atoms with Crippen molar-refractivity contribution in [2.45, 2.75) is 19.9 Å². The summed E-state index contributed by atoms with van der Waals surface area (Å²) in [5.41, 5.74) is 5.37. The molecule has 0 unspecified atom stereocenters. The zero-order valence-electron chi connectivity index (χ0n) is 15.0. The number of ether oxygens (including phenoxy) is 1. The van der Waals surface area contributed by atoms with Crippen LogP contribution in [0.4, 0.5) is 0 Å². The Bertz CT molecular complexity index is 1010. The van der Waals surface area contributed by atoms with E-state index < -0.39 is 5.97 Å². The number of nitrogens with one attached hydrogen (secondary N) is 2. The van der Waals surface area contributed by atoms with Crippen molar-refractivity contribution in [1.82, 2.24) is 14.6 Å². The summed E-state index contributed by atoms with van der Waals surface area (Å²) in [4.78, 5) is 31.6. The van der Waals surface area contributed by atoms with Crippen LogP contribution in [-0.2, 0) is 22.5 Å². The molecular weight excluding hydrogens is 368 g/mol. The number of halogens is 1. The second-order valence-corrected chi connectivity index (χ2v) is 6.32. The smallest absolute Gasteiger partial charge is 0.310 e. The van der Waals surface area contributed by atoms with Gasteiger partial charge < -0.3 is 15.1 Å². The predicted octanol–water partition coefficient (Wildman–Crippen LogP) is 2.66. The van der Waals surface area contributed by atoms with Crippen molar-refractivity contribution >= 4 is 17.6 Å². The number of hydrogen-bond donors (Lipinski definition) is 2. The number of pyridine rings is 1. The van der Waals surface area contributed by atoms with Crippen molar-refractivity contribution in [3.8, 4) is 11.4 Å². The van der Waals surface area contributed by atoms with Crippen molar-refractivity contribution in [2.24, 2.45) is 0 Å². The number of imidazole rings is 1. The van der Waals surface area contributed by atoms with Gasteiger partial charge in [0.2, 0.25) is 0 Å². The van der Waals surface area contributed by atoms with E-state index in [4.69, 9.17) is 11.6 Å². The van der Waals surface area contributed by atoms with Crippen molar-refractivity contribution < 1.29 is 9.53 Å².